The molecule has 78 valence electrons. The van der Waals surface area contributed by atoms with E-state index in [2.05, 4.69) is 14.7 Å². The van der Waals surface area contributed by atoms with Gasteiger partial charge in [0.25, 0.3) is 0 Å². The van der Waals surface area contributed by atoms with Crippen LogP contribution in [0.25, 0.3) is 11.0 Å². The van der Waals surface area contributed by atoms with Crippen LogP contribution in [0.4, 0.5) is 0 Å². The van der Waals surface area contributed by atoms with Crippen LogP contribution in [0.2, 0.25) is 5.02 Å². The Morgan fingerprint density at radius 1 is 1.53 bits per heavy atom. The summed E-state index contributed by atoms with van der Waals surface area (Å²) in [6.07, 6.45) is 0. The lowest BCUT2D eigenvalue weighted by Crippen LogP contribution is -2.00. The minimum Gasteiger partial charge on any atom is -0.465 e. The van der Waals surface area contributed by atoms with Gasteiger partial charge in [-0.15, -0.1) is 0 Å². The Hall–Kier alpha value is -1.55. The number of nitrogens with zero attached hydrogens (tertiary/aromatic N) is 1. The van der Waals surface area contributed by atoms with Crippen molar-refractivity contribution in [3.8, 4) is 0 Å². The number of fused-ring (bicyclic) bond motifs is 1. The minimum atomic E-state index is -0.411. The molecule has 2 rings (SSSR count). The van der Waals surface area contributed by atoms with Gasteiger partial charge < -0.3 is 9.72 Å². The molecule has 0 saturated carbocycles. The summed E-state index contributed by atoms with van der Waals surface area (Å²) in [6.45, 7) is 1.83. The molecule has 0 aliphatic heterocycles. The van der Waals surface area contributed by atoms with Crippen molar-refractivity contribution in [1.29, 1.82) is 0 Å². The number of imidazole rings is 1. The molecule has 1 aromatic heterocycles. The lowest BCUT2D eigenvalue weighted by molar-refractivity contribution is 0.0601. The van der Waals surface area contributed by atoms with E-state index in [-0.39, 0.29) is 0 Å². The third-order valence-corrected chi connectivity index (χ3v) is 2.37. The second kappa shape index (κ2) is 3.55. The molecule has 0 radical (unpaired) electrons. The number of rotatable bonds is 1. The number of aromatic nitrogens is 2. The van der Waals surface area contributed by atoms with Crippen molar-refractivity contribution in [2.24, 2.45) is 0 Å². The minimum absolute atomic E-state index is 0.411. The topological polar surface area (TPSA) is 55.0 Å². The van der Waals surface area contributed by atoms with Gasteiger partial charge in [0.1, 0.15) is 11.3 Å². The van der Waals surface area contributed by atoms with Gasteiger partial charge in [0, 0.05) is 0 Å². The van der Waals surface area contributed by atoms with Crippen LogP contribution in [-0.4, -0.2) is 23.0 Å². The molecule has 0 aliphatic carbocycles. The zero-order valence-electron chi connectivity index (χ0n) is 8.30. The monoisotopic (exact) mass is 224 g/mol. The van der Waals surface area contributed by atoms with Crippen molar-refractivity contribution < 1.29 is 9.53 Å². The molecule has 1 N–H and O–H groups in total. The van der Waals surface area contributed by atoms with Crippen LogP contribution in [0.5, 0.6) is 0 Å². The van der Waals surface area contributed by atoms with E-state index in [1.807, 2.05) is 6.92 Å². The molecule has 0 unspecified atom stereocenters. The van der Waals surface area contributed by atoms with Crippen LogP contribution >= 0.6 is 11.6 Å². The number of halogens is 1. The molecule has 0 atom stereocenters. The summed E-state index contributed by atoms with van der Waals surface area (Å²) in [5.41, 5.74) is 1.82. The Morgan fingerprint density at radius 3 is 2.93 bits per heavy atom. The first-order valence-electron chi connectivity index (χ1n) is 4.36. The zero-order valence-corrected chi connectivity index (χ0v) is 9.05. The molecule has 4 nitrogen and oxygen atoms in total. The molecular formula is C10H9ClN2O2. The van der Waals surface area contributed by atoms with Gasteiger partial charge in [-0.1, -0.05) is 11.6 Å². The molecule has 0 fully saturated rings. The summed E-state index contributed by atoms with van der Waals surface area (Å²) in [4.78, 5) is 18.5. The predicted octanol–water partition coefficient (Wildman–Crippen LogP) is 2.31. The number of H-pyrrole nitrogens is 1. The summed E-state index contributed by atoms with van der Waals surface area (Å²) < 4.78 is 4.62. The highest BCUT2D eigenvalue weighted by molar-refractivity contribution is 6.35. The Morgan fingerprint density at radius 2 is 2.27 bits per heavy atom. The first kappa shape index (κ1) is 9.98. The Labute approximate surface area is 91.2 Å². The van der Waals surface area contributed by atoms with Crippen molar-refractivity contribution in [3.63, 3.8) is 0 Å². The highest BCUT2D eigenvalue weighted by Gasteiger charge is 2.11. The van der Waals surface area contributed by atoms with E-state index in [4.69, 9.17) is 11.6 Å². The molecule has 2 aromatic rings. The normalized spacial score (nSPS) is 10.6. The lowest BCUT2D eigenvalue weighted by Gasteiger charge is -1.99. The number of aromatic amines is 1. The largest absolute Gasteiger partial charge is 0.465 e. The molecule has 1 aromatic carbocycles. The fraction of sp³-hybridized carbons (Fsp3) is 0.200. The third-order valence-electron chi connectivity index (χ3n) is 2.08. The van der Waals surface area contributed by atoms with Crippen molar-refractivity contribution in [2.45, 2.75) is 6.92 Å². The second-order valence-corrected chi connectivity index (χ2v) is 3.58. The highest BCUT2D eigenvalue weighted by Crippen LogP contribution is 2.23. The van der Waals surface area contributed by atoms with E-state index in [1.54, 1.807) is 12.1 Å². The van der Waals surface area contributed by atoms with E-state index < -0.39 is 5.97 Å². The van der Waals surface area contributed by atoms with Crippen LogP contribution in [-0.2, 0) is 4.74 Å². The quantitative estimate of drug-likeness (QED) is 0.757. The number of carbonyl (C=O) groups excluding carboxylic acids is 1. The maximum absolute atomic E-state index is 11.3. The Bertz CT molecular complexity index is 533. The first-order chi connectivity index (χ1) is 7.11. The molecule has 0 aliphatic rings. The van der Waals surface area contributed by atoms with Crippen molar-refractivity contribution in [1.82, 2.24) is 9.97 Å². The standard InChI is InChI=1S/C10H9ClN2O2/c1-5-12-8-4-6(10(14)15-2)3-7(11)9(8)13-5/h3-4H,1-2H3,(H,12,13). The molecule has 0 spiro atoms. The second-order valence-electron chi connectivity index (χ2n) is 3.17. The fourth-order valence-electron chi connectivity index (χ4n) is 1.43. The molecule has 0 amide bonds. The fourth-order valence-corrected chi connectivity index (χ4v) is 1.70. The van der Waals surface area contributed by atoms with Crippen LogP contribution in [0.3, 0.4) is 0 Å². The predicted molar refractivity (Wildman–Crippen MR) is 57.2 cm³/mol. The van der Waals surface area contributed by atoms with E-state index >= 15 is 0 Å². The maximum Gasteiger partial charge on any atom is 0.337 e. The zero-order chi connectivity index (χ0) is 11.0. The van der Waals surface area contributed by atoms with E-state index in [9.17, 15) is 4.79 Å². The summed E-state index contributed by atoms with van der Waals surface area (Å²) in [5.74, 6) is 0.347. The molecule has 1 heterocycles. The van der Waals surface area contributed by atoms with Gasteiger partial charge in [0.2, 0.25) is 0 Å². The SMILES string of the molecule is COC(=O)c1cc(Cl)c2nc(C)[nH]c2c1. The van der Waals surface area contributed by atoms with Crippen LogP contribution in [0.15, 0.2) is 12.1 Å². The molecule has 15 heavy (non-hydrogen) atoms. The summed E-state index contributed by atoms with van der Waals surface area (Å²) in [5, 5.41) is 0.442. The van der Waals surface area contributed by atoms with Gasteiger partial charge >= 0.3 is 5.97 Å². The van der Waals surface area contributed by atoms with Gasteiger partial charge in [-0.2, -0.15) is 0 Å². The average Bonchev–Trinajstić information content (AvgIpc) is 2.58. The number of carbonyl (C=O) groups is 1. The first-order valence-corrected chi connectivity index (χ1v) is 4.74. The third kappa shape index (κ3) is 1.68. The summed E-state index contributed by atoms with van der Waals surface area (Å²) >= 11 is 5.99. The van der Waals surface area contributed by atoms with Crippen LogP contribution in [0, 0.1) is 6.92 Å². The number of benzene rings is 1. The molecule has 0 bridgehead atoms. The van der Waals surface area contributed by atoms with Crippen molar-refractivity contribution in [3.05, 3.63) is 28.5 Å². The molecule has 0 saturated heterocycles. The number of hydrogen-bond acceptors (Lipinski definition) is 3. The van der Waals surface area contributed by atoms with Crippen molar-refractivity contribution >= 4 is 28.6 Å². The van der Waals surface area contributed by atoms with E-state index in [0.717, 1.165) is 11.3 Å². The molecular weight excluding hydrogens is 216 g/mol. The molecule has 5 heteroatoms. The smallest absolute Gasteiger partial charge is 0.337 e. The van der Waals surface area contributed by atoms with E-state index in [0.29, 0.717) is 16.1 Å². The highest BCUT2D eigenvalue weighted by atomic mass is 35.5. The Kier molecular flexibility index (Phi) is 2.36. The Balaban J connectivity index is 2.66. The van der Waals surface area contributed by atoms with Gasteiger partial charge in [-0.25, -0.2) is 9.78 Å². The summed E-state index contributed by atoms with van der Waals surface area (Å²) in [6, 6.07) is 3.23. The number of hydrogen-bond donors (Lipinski definition) is 1. The van der Waals surface area contributed by atoms with Crippen LogP contribution < -0.4 is 0 Å². The van der Waals surface area contributed by atoms with Crippen LogP contribution in [0.1, 0.15) is 16.2 Å². The number of aryl methyl sites for hydroxylation is 1. The number of ether oxygens (including phenoxy) is 1. The number of esters is 1. The van der Waals surface area contributed by atoms with Gasteiger partial charge in [-0.3, -0.25) is 0 Å². The van der Waals surface area contributed by atoms with Gasteiger partial charge in [0.15, 0.2) is 0 Å². The van der Waals surface area contributed by atoms with Gasteiger partial charge in [-0.05, 0) is 19.1 Å². The van der Waals surface area contributed by atoms with E-state index in [1.165, 1.54) is 7.11 Å². The lowest BCUT2D eigenvalue weighted by atomic mass is 10.2. The summed E-state index contributed by atoms with van der Waals surface area (Å²) in [7, 11) is 1.33. The number of methoxy groups -OCH3 is 1. The number of nitrogens with one attached hydrogen (secondary N) is 1. The van der Waals surface area contributed by atoms with Crippen molar-refractivity contribution in [2.75, 3.05) is 7.11 Å². The maximum atomic E-state index is 11.3. The average molecular weight is 225 g/mol. The van der Waals surface area contributed by atoms with Gasteiger partial charge in [0.05, 0.1) is 23.2 Å².